The van der Waals surface area contributed by atoms with Gasteiger partial charge in [-0.15, -0.1) is 0 Å². The lowest BCUT2D eigenvalue weighted by Gasteiger charge is -2.28. The van der Waals surface area contributed by atoms with Gasteiger partial charge in [-0.3, -0.25) is 0 Å². The average Bonchev–Trinajstić information content (AvgIpc) is 2.34. The minimum Gasteiger partial charge on any atom is -0.392 e. The van der Waals surface area contributed by atoms with Crippen LogP contribution >= 0.6 is 23.2 Å². The zero-order valence-corrected chi connectivity index (χ0v) is 11.8. The van der Waals surface area contributed by atoms with Crippen molar-refractivity contribution >= 4 is 23.2 Å². The van der Waals surface area contributed by atoms with Crippen LogP contribution in [0, 0.1) is 0 Å². The highest BCUT2D eigenvalue weighted by Crippen LogP contribution is 2.22. The van der Waals surface area contributed by atoms with Crippen molar-refractivity contribution in [3.63, 3.8) is 0 Å². The average molecular weight is 288 g/mol. The third kappa shape index (κ3) is 3.86. The summed E-state index contributed by atoms with van der Waals surface area (Å²) in [6, 6.07) is 5.83. The van der Waals surface area contributed by atoms with Crippen molar-refractivity contribution in [3.05, 3.63) is 33.8 Å². The largest absolute Gasteiger partial charge is 0.392 e. The van der Waals surface area contributed by atoms with Crippen LogP contribution in [-0.2, 0) is 6.42 Å². The van der Waals surface area contributed by atoms with Crippen LogP contribution in [0.25, 0.3) is 0 Å². The topological polar surface area (TPSA) is 32.3 Å². The second-order valence-corrected chi connectivity index (χ2v) is 5.74. The van der Waals surface area contributed by atoms with Crippen LogP contribution in [0.3, 0.4) is 0 Å². The molecule has 2 rings (SSSR count). The highest BCUT2D eigenvalue weighted by Gasteiger charge is 2.21. The van der Waals surface area contributed by atoms with E-state index >= 15 is 0 Å². The fraction of sp³-hybridized carbons (Fsp3) is 0.571. The van der Waals surface area contributed by atoms with Crippen molar-refractivity contribution in [2.45, 2.75) is 44.2 Å². The van der Waals surface area contributed by atoms with Gasteiger partial charge in [0.1, 0.15) is 0 Å². The van der Waals surface area contributed by atoms with Gasteiger partial charge in [0.25, 0.3) is 0 Å². The summed E-state index contributed by atoms with van der Waals surface area (Å²) < 4.78 is 0. The minimum absolute atomic E-state index is 0.195. The second-order valence-electron chi connectivity index (χ2n) is 4.90. The van der Waals surface area contributed by atoms with E-state index < -0.39 is 0 Å². The fourth-order valence-electron chi connectivity index (χ4n) is 2.47. The van der Waals surface area contributed by atoms with Crippen molar-refractivity contribution < 1.29 is 5.11 Å². The lowest BCUT2D eigenvalue weighted by atomic mass is 9.92. The van der Waals surface area contributed by atoms with E-state index in [-0.39, 0.29) is 12.1 Å². The van der Waals surface area contributed by atoms with E-state index in [9.17, 15) is 5.11 Å². The molecule has 0 aromatic heterocycles. The highest BCUT2D eigenvalue weighted by atomic mass is 35.5. The predicted molar refractivity (Wildman–Crippen MR) is 76.4 cm³/mol. The molecule has 2 N–H and O–H groups in total. The molecule has 1 fully saturated rings. The second kappa shape index (κ2) is 6.76. The molecule has 1 saturated carbocycles. The summed E-state index contributed by atoms with van der Waals surface area (Å²) in [6.07, 6.45) is 4.99. The van der Waals surface area contributed by atoms with Crippen LogP contribution in [0.1, 0.15) is 31.2 Å². The van der Waals surface area contributed by atoms with Gasteiger partial charge in [-0.1, -0.05) is 42.1 Å². The van der Waals surface area contributed by atoms with Crippen molar-refractivity contribution in [2.24, 2.45) is 0 Å². The van der Waals surface area contributed by atoms with E-state index in [1.165, 1.54) is 6.42 Å². The van der Waals surface area contributed by atoms with Gasteiger partial charge >= 0.3 is 0 Å². The zero-order chi connectivity index (χ0) is 13.0. The Morgan fingerprint density at radius 2 is 2.00 bits per heavy atom. The maximum absolute atomic E-state index is 9.85. The van der Waals surface area contributed by atoms with E-state index in [0.29, 0.717) is 10.0 Å². The number of rotatable bonds is 4. The van der Waals surface area contributed by atoms with Crippen LogP contribution in [0.2, 0.25) is 10.0 Å². The van der Waals surface area contributed by atoms with Crippen LogP contribution < -0.4 is 5.32 Å². The number of nitrogens with one attached hydrogen (secondary N) is 1. The summed E-state index contributed by atoms with van der Waals surface area (Å²) in [7, 11) is 0. The molecule has 2 atom stereocenters. The molecule has 18 heavy (non-hydrogen) atoms. The van der Waals surface area contributed by atoms with Gasteiger partial charge < -0.3 is 10.4 Å². The first kappa shape index (κ1) is 14.1. The highest BCUT2D eigenvalue weighted by molar-refractivity contribution is 6.35. The first-order valence-corrected chi connectivity index (χ1v) is 7.28. The molecule has 0 heterocycles. The predicted octanol–water partition coefficient (Wildman–Crippen LogP) is 3.43. The molecule has 1 aliphatic rings. The van der Waals surface area contributed by atoms with Gasteiger partial charge in [-0.25, -0.2) is 0 Å². The lowest BCUT2D eigenvalue weighted by Crippen LogP contribution is -2.42. The Labute approximate surface area is 118 Å². The summed E-state index contributed by atoms with van der Waals surface area (Å²) in [6.45, 7) is 0.836. The van der Waals surface area contributed by atoms with Gasteiger partial charge in [0, 0.05) is 16.1 Å². The Hall–Kier alpha value is -0.280. The van der Waals surface area contributed by atoms with Crippen LogP contribution in [0.5, 0.6) is 0 Å². The summed E-state index contributed by atoms with van der Waals surface area (Å²) in [5.41, 5.74) is 1.10. The Morgan fingerprint density at radius 1 is 1.22 bits per heavy atom. The molecule has 0 spiro atoms. The van der Waals surface area contributed by atoms with Crippen molar-refractivity contribution in [2.75, 3.05) is 6.54 Å². The van der Waals surface area contributed by atoms with Crippen molar-refractivity contribution in [3.8, 4) is 0 Å². The van der Waals surface area contributed by atoms with E-state index in [1.54, 1.807) is 6.07 Å². The van der Waals surface area contributed by atoms with Crippen LogP contribution in [0.15, 0.2) is 18.2 Å². The number of hydrogen-bond acceptors (Lipinski definition) is 2. The molecule has 0 bridgehead atoms. The number of hydrogen-bond donors (Lipinski definition) is 2. The molecule has 0 unspecified atom stereocenters. The van der Waals surface area contributed by atoms with Gasteiger partial charge in [-0.2, -0.15) is 0 Å². The SMILES string of the molecule is O[C@@H]1CCCC[C@H]1NCCc1ccc(Cl)cc1Cl. The monoisotopic (exact) mass is 287 g/mol. The Balaban J connectivity index is 1.81. The standard InChI is InChI=1S/C14H19Cl2NO/c15-11-6-5-10(12(16)9-11)7-8-17-13-3-1-2-4-14(13)18/h5-6,9,13-14,17-18H,1-4,7-8H2/t13-,14-/m1/s1. The Kier molecular flexibility index (Phi) is 5.31. The molecule has 4 heteroatoms. The molecular weight excluding hydrogens is 269 g/mol. The molecule has 0 saturated heterocycles. The molecule has 0 aliphatic heterocycles. The van der Waals surface area contributed by atoms with Crippen LogP contribution in [-0.4, -0.2) is 23.8 Å². The van der Waals surface area contributed by atoms with Gasteiger partial charge in [0.15, 0.2) is 0 Å². The molecule has 1 aromatic rings. The molecular formula is C14H19Cl2NO. The number of aliphatic hydroxyl groups is 1. The maximum atomic E-state index is 9.85. The minimum atomic E-state index is -0.195. The Morgan fingerprint density at radius 3 is 2.72 bits per heavy atom. The lowest BCUT2D eigenvalue weighted by molar-refractivity contribution is 0.0914. The smallest absolute Gasteiger partial charge is 0.0693 e. The number of halogens is 2. The molecule has 2 nitrogen and oxygen atoms in total. The molecule has 100 valence electrons. The third-order valence-electron chi connectivity index (χ3n) is 3.55. The number of aliphatic hydroxyl groups excluding tert-OH is 1. The van der Waals surface area contributed by atoms with E-state index in [2.05, 4.69) is 5.32 Å². The Bertz CT molecular complexity index is 397. The van der Waals surface area contributed by atoms with Gasteiger partial charge in [0.2, 0.25) is 0 Å². The maximum Gasteiger partial charge on any atom is 0.0693 e. The van der Waals surface area contributed by atoms with Gasteiger partial charge in [-0.05, 0) is 43.5 Å². The first-order chi connectivity index (χ1) is 8.66. The van der Waals surface area contributed by atoms with Crippen LogP contribution in [0.4, 0.5) is 0 Å². The zero-order valence-electron chi connectivity index (χ0n) is 10.3. The first-order valence-electron chi connectivity index (χ1n) is 6.52. The molecule has 0 radical (unpaired) electrons. The summed E-state index contributed by atoms with van der Waals surface area (Å²) >= 11 is 12.0. The number of benzene rings is 1. The molecule has 1 aliphatic carbocycles. The molecule has 1 aromatic carbocycles. The summed E-state index contributed by atoms with van der Waals surface area (Å²) in [4.78, 5) is 0. The summed E-state index contributed by atoms with van der Waals surface area (Å²) in [5.74, 6) is 0. The quantitative estimate of drug-likeness (QED) is 0.889. The fourth-order valence-corrected chi connectivity index (χ4v) is 2.97. The van der Waals surface area contributed by atoms with Crippen molar-refractivity contribution in [1.82, 2.24) is 5.32 Å². The normalized spacial score (nSPS) is 24.2. The molecule has 0 amide bonds. The third-order valence-corrected chi connectivity index (χ3v) is 4.13. The van der Waals surface area contributed by atoms with Gasteiger partial charge in [0.05, 0.1) is 6.10 Å². The van der Waals surface area contributed by atoms with Crippen molar-refractivity contribution in [1.29, 1.82) is 0 Å². The van der Waals surface area contributed by atoms with E-state index in [4.69, 9.17) is 23.2 Å². The van der Waals surface area contributed by atoms with E-state index in [0.717, 1.165) is 37.8 Å². The van der Waals surface area contributed by atoms with E-state index in [1.807, 2.05) is 12.1 Å². The summed E-state index contributed by atoms with van der Waals surface area (Å²) in [5, 5.41) is 14.7.